The van der Waals surface area contributed by atoms with Crippen molar-refractivity contribution >= 4 is 28.9 Å². The van der Waals surface area contributed by atoms with E-state index in [-0.39, 0.29) is 62.6 Å². The second-order valence-electron chi connectivity index (χ2n) is 14.6. The Hall–Kier alpha value is -4.65. The number of amides is 1. The van der Waals surface area contributed by atoms with E-state index < -0.39 is 98.3 Å². The summed E-state index contributed by atoms with van der Waals surface area (Å²) in [7, 11) is 0. The van der Waals surface area contributed by atoms with Gasteiger partial charge < -0.3 is 78.4 Å². The number of pyridine rings is 2. The Labute approximate surface area is 341 Å². The van der Waals surface area contributed by atoms with Gasteiger partial charge in [-0.25, -0.2) is 14.6 Å². The van der Waals surface area contributed by atoms with Crippen molar-refractivity contribution in [3.05, 3.63) is 63.4 Å². The number of carbonyl (C=O) groups excluding carboxylic acids is 3. The van der Waals surface area contributed by atoms with Crippen LogP contribution in [-0.2, 0) is 66.2 Å². The number of esters is 2. The molecule has 3 aromatic rings. The topological polar surface area (TPSA) is 293 Å². The first-order chi connectivity index (χ1) is 28.8. The van der Waals surface area contributed by atoms with Gasteiger partial charge in [0.05, 0.1) is 62.0 Å². The van der Waals surface area contributed by atoms with Crippen molar-refractivity contribution in [1.29, 1.82) is 0 Å². The number of ether oxygens (including phenoxy) is 8. The first kappa shape index (κ1) is 43.4. The summed E-state index contributed by atoms with van der Waals surface area (Å²) < 4.78 is 45.8. The van der Waals surface area contributed by atoms with E-state index in [1.54, 1.807) is 17.6 Å². The first-order valence-electron chi connectivity index (χ1n) is 19.4. The van der Waals surface area contributed by atoms with E-state index in [1.165, 1.54) is 0 Å². The van der Waals surface area contributed by atoms with Gasteiger partial charge in [-0.05, 0) is 24.6 Å². The molecule has 4 aliphatic rings. The Morgan fingerprint density at radius 3 is 2.40 bits per heavy atom. The number of para-hydroxylation sites is 1. The molecule has 60 heavy (non-hydrogen) atoms. The molecule has 4 aliphatic heterocycles. The number of benzene rings is 1. The van der Waals surface area contributed by atoms with E-state index in [2.05, 4.69) is 5.32 Å². The van der Waals surface area contributed by atoms with Crippen LogP contribution in [0.15, 0.2) is 41.2 Å². The van der Waals surface area contributed by atoms with E-state index in [0.29, 0.717) is 11.4 Å². The molecule has 0 bridgehead atoms. The van der Waals surface area contributed by atoms with Gasteiger partial charge in [-0.3, -0.25) is 9.59 Å². The minimum Gasteiger partial charge on any atom is -0.457 e. The van der Waals surface area contributed by atoms with E-state index in [9.17, 15) is 49.8 Å². The minimum atomic E-state index is -1.93. The third-order valence-corrected chi connectivity index (χ3v) is 10.9. The summed E-state index contributed by atoms with van der Waals surface area (Å²) in [6, 6.07) is 11.2. The van der Waals surface area contributed by atoms with Crippen LogP contribution < -0.4 is 10.9 Å². The van der Waals surface area contributed by atoms with Gasteiger partial charge in [-0.2, -0.15) is 0 Å². The Morgan fingerprint density at radius 2 is 1.67 bits per heavy atom. The fraction of sp³-hybridized carbons (Fsp3) is 0.564. The number of alkyl carbamates (subject to hydrolysis) is 1. The lowest BCUT2D eigenvalue weighted by Crippen LogP contribution is -2.65. The van der Waals surface area contributed by atoms with Crippen LogP contribution in [-0.4, -0.2) is 159 Å². The zero-order valence-electron chi connectivity index (χ0n) is 32.6. The molecule has 0 spiro atoms. The van der Waals surface area contributed by atoms with Crippen molar-refractivity contribution in [3.8, 4) is 11.4 Å². The number of nitrogens with one attached hydrogen (secondary N) is 1. The SMILES string of the molecule is CC[C@@]1(OC(=O)NCCOCCO[C@@H]2O[C@H](CO)[C@@H](O)[C@H](O)[C@@H]2O[C@H]2O[C@H](CO)[C@@H](O)[C@H](OC(C)=O)[C@H]2O)C(=O)OCc2c1cc1n(c2=O)Cc2cc3ccccc3nc2-1. The number of aliphatic hydroxyl groups is 6. The molecule has 0 aliphatic carbocycles. The smallest absolute Gasteiger partial charge is 0.408 e. The zero-order chi connectivity index (χ0) is 42.9. The normalized spacial score (nSPS) is 30.8. The van der Waals surface area contributed by atoms with Gasteiger partial charge in [-0.15, -0.1) is 0 Å². The standard InChI is InChI=1S/C39H47N3O18/c1-3-39(22-13-24-27-20(12-19-6-4-5-7-23(19)41-27)14-42(24)34(50)21(22)17-55-37(39)51)60-38(52)40-8-9-53-10-11-54-36-33(30(48)28(46)25(15-43)58-36)59-35-31(49)32(56-18(2)45)29(47)26(16-44)57-35/h4-7,12-13,25-26,28-33,35-36,43-44,46-49H,3,8-11,14-17H2,1-2H3,(H,40,52)/t25-,26-,28-,29-,30+,31-,32+,33+,35-,36-,39+/m1/s1. The molecule has 21 heteroatoms. The van der Waals surface area contributed by atoms with Gasteiger partial charge in [0.2, 0.25) is 5.60 Å². The van der Waals surface area contributed by atoms with Crippen molar-refractivity contribution < 1.29 is 82.9 Å². The summed E-state index contributed by atoms with van der Waals surface area (Å²) in [5, 5.41) is 65.5. The molecule has 0 unspecified atom stereocenters. The maximum absolute atomic E-state index is 13.8. The van der Waals surface area contributed by atoms with E-state index in [0.717, 1.165) is 23.4 Å². The molecule has 7 rings (SSSR count). The van der Waals surface area contributed by atoms with Gasteiger partial charge in [0.1, 0.15) is 49.3 Å². The lowest BCUT2D eigenvalue weighted by Gasteiger charge is -2.46. The molecule has 2 saturated heterocycles. The molecule has 1 aromatic carbocycles. The average molecular weight is 846 g/mol. The summed E-state index contributed by atoms with van der Waals surface area (Å²) >= 11 is 0. The van der Waals surface area contributed by atoms with Crippen LogP contribution in [0.25, 0.3) is 22.3 Å². The molecule has 1 amide bonds. The van der Waals surface area contributed by atoms with E-state index >= 15 is 0 Å². The van der Waals surface area contributed by atoms with Crippen LogP contribution in [0.3, 0.4) is 0 Å². The number of aliphatic hydroxyl groups excluding tert-OH is 6. The molecular formula is C39H47N3O18. The number of nitrogens with zero attached hydrogens (tertiary/aromatic N) is 2. The molecule has 0 saturated carbocycles. The Kier molecular flexibility index (Phi) is 13.1. The highest BCUT2D eigenvalue weighted by Gasteiger charge is 2.53. The average Bonchev–Trinajstić information content (AvgIpc) is 3.59. The Balaban J connectivity index is 0.948. The number of rotatable bonds is 14. The molecule has 2 aromatic heterocycles. The van der Waals surface area contributed by atoms with Crippen molar-refractivity contribution in [1.82, 2.24) is 14.9 Å². The van der Waals surface area contributed by atoms with Crippen LogP contribution in [0.5, 0.6) is 0 Å². The maximum Gasteiger partial charge on any atom is 0.408 e. The van der Waals surface area contributed by atoms with Gasteiger partial charge in [-0.1, -0.05) is 25.1 Å². The largest absolute Gasteiger partial charge is 0.457 e. The van der Waals surface area contributed by atoms with Crippen molar-refractivity contribution in [2.45, 2.75) is 100 Å². The summed E-state index contributed by atoms with van der Waals surface area (Å²) in [5.41, 5.74) is 0.746. The molecule has 11 atom stereocenters. The summed E-state index contributed by atoms with van der Waals surface area (Å²) in [5.74, 6) is -1.68. The first-order valence-corrected chi connectivity index (χ1v) is 19.4. The Bertz CT molecular complexity index is 2130. The van der Waals surface area contributed by atoms with Crippen LogP contribution in [0, 0.1) is 0 Å². The highest BCUT2D eigenvalue weighted by molar-refractivity contribution is 5.88. The van der Waals surface area contributed by atoms with Crippen LogP contribution in [0.1, 0.15) is 37.0 Å². The third-order valence-electron chi connectivity index (χ3n) is 10.9. The van der Waals surface area contributed by atoms with E-state index in [4.69, 9.17) is 42.9 Å². The number of hydrogen-bond acceptors (Lipinski definition) is 19. The second-order valence-corrected chi connectivity index (χ2v) is 14.6. The zero-order valence-corrected chi connectivity index (χ0v) is 32.6. The predicted octanol–water partition coefficient (Wildman–Crippen LogP) is -1.96. The quantitative estimate of drug-likeness (QED) is 0.0412. The third kappa shape index (κ3) is 8.22. The maximum atomic E-state index is 13.8. The lowest BCUT2D eigenvalue weighted by molar-refractivity contribution is -0.368. The fourth-order valence-electron chi connectivity index (χ4n) is 7.81. The van der Waals surface area contributed by atoms with E-state index in [1.807, 2.05) is 30.3 Å². The lowest BCUT2D eigenvalue weighted by atomic mass is 9.85. The highest BCUT2D eigenvalue weighted by Crippen LogP contribution is 2.41. The molecule has 326 valence electrons. The molecule has 2 fully saturated rings. The molecule has 7 N–H and O–H groups in total. The highest BCUT2D eigenvalue weighted by atomic mass is 16.8. The number of aromatic nitrogens is 2. The number of hydrogen-bond donors (Lipinski definition) is 7. The van der Waals surface area contributed by atoms with Crippen LogP contribution >= 0.6 is 0 Å². The van der Waals surface area contributed by atoms with Gasteiger partial charge in [0.15, 0.2) is 18.7 Å². The van der Waals surface area contributed by atoms with Gasteiger partial charge in [0.25, 0.3) is 5.56 Å². The second kappa shape index (κ2) is 18.1. The monoisotopic (exact) mass is 845 g/mol. The van der Waals surface area contributed by atoms with Crippen molar-refractivity contribution in [2.75, 3.05) is 39.6 Å². The molecular weight excluding hydrogens is 798 g/mol. The van der Waals surface area contributed by atoms with Gasteiger partial charge >= 0.3 is 18.0 Å². The van der Waals surface area contributed by atoms with Gasteiger partial charge in [0, 0.05) is 30.0 Å². The Morgan fingerprint density at radius 1 is 0.933 bits per heavy atom. The van der Waals surface area contributed by atoms with Crippen molar-refractivity contribution in [3.63, 3.8) is 0 Å². The minimum absolute atomic E-state index is 0.0413. The van der Waals surface area contributed by atoms with Crippen LogP contribution in [0.2, 0.25) is 0 Å². The predicted molar refractivity (Wildman–Crippen MR) is 200 cm³/mol. The fourth-order valence-corrected chi connectivity index (χ4v) is 7.81. The number of carbonyl (C=O) groups is 3. The van der Waals surface area contributed by atoms with Crippen molar-refractivity contribution in [2.24, 2.45) is 0 Å². The molecule has 0 radical (unpaired) electrons. The molecule has 6 heterocycles. The summed E-state index contributed by atoms with van der Waals surface area (Å²) in [6.45, 7) is 0.646. The van der Waals surface area contributed by atoms with Crippen LogP contribution in [0.4, 0.5) is 4.79 Å². The summed E-state index contributed by atoms with van der Waals surface area (Å²) in [6.07, 6.45) is -17.0. The number of fused-ring (bicyclic) bond motifs is 5. The summed E-state index contributed by atoms with van der Waals surface area (Å²) in [4.78, 5) is 56.7. The number of cyclic esters (lactones) is 1. The molecule has 21 nitrogen and oxygen atoms in total.